The summed E-state index contributed by atoms with van der Waals surface area (Å²) in [6.45, 7) is 0.677. The van der Waals surface area contributed by atoms with E-state index in [1.54, 1.807) is 35.7 Å². The van der Waals surface area contributed by atoms with Crippen molar-refractivity contribution in [3.05, 3.63) is 66.4 Å². The summed E-state index contributed by atoms with van der Waals surface area (Å²) in [5.41, 5.74) is 8.03. The lowest BCUT2D eigenvalue weighted by atomic mass is 9.91. The number of aromatic nitrogens is 8. The molecule has 12 nitrogen and oxygen atoms in total. The van der Waals surface area contributed by atoms with Gasteiger partial charge >= 0.3 is 0 Å². The van der Waals surface area contributed by atoms with Gasteiger partial charge in [-0.05, 0) is 24.0 Å². The summed E-state index contributed by atoms with van der Waals surface area (Å²) in [6.07, 6.45) is 8.99. The highest BCUT2D eigenvalue weighted by Gasteiger charge is 2.27. The molecule has 0 radical (unpaired) electrons. The summed E-state index contributed by atoms with van der Waals surface area (Å²) in [6, 6.07) is 10.1. The minimum Gasteiger partial charge on any atom is -0.394 e. The van der Waals surface area contributed by atoms with E-state index in [1.165, 1.54) is 4.90 Å². The average Bonchev–Trinajstić information content (AvgIpc) is 3.67. The van der Waals surface area contributed by atoms with Crippen LogP contribution in [0.3, 0.4) is 0 Å². The molecule has 1 amide bonds. The molecule has 6 rings (SSSR count). The van der Waals surface area contributed by atoms with Crippen molar-refractivity contribution in [1.82, 2.24) is 44.2 Å². The lowest BCUT2D eigenvalue weighted by Crippen LogP contribution is -2.26. The van der Waals surface area contributed by atoms with E-state index in [0.29, 0.717) is 18.3 Å². The third-order valence-electron chi connectivity index (χ3n) is 6.98. The molecule has 4 aromatic heterocycles. The number of likely N-dealkylation sites (N-methyl/N-ethyl adjacent to an activating group) is 1. The second kappa shape index (κ2) is 10.4. The molecule has 204 valence electrons. The summed E-state index contributed by atoms with van der Waals surface area (Å²) in [5.74, 6) is 0.953. The average molecular weight is 539 g/mol. The maximum atomic E-state index is 12.0. The molecule has 4 heterocycles. The van der Waals surface area contributed by atoms with E-state index in [-0.39, 0.29) is 19.1 Å². The van der Waals surface area contributed by atoms with Gasteiger partial charge in [-0.1, -0.05) is 24.3 Å². The van der Waals surface area contributed by atoms with Crippen LogP contribution in [0.5, 0.6) is 0 Å². The number of nitrogens with one attached hydrogen (secondary N) is 1. The summed E-state index contributed by atoms with van der Waals surface area (Å²) in [5, 5.41) is 25.9. The summed E-state index contributed by atoms with van der Waals surface area (Å²) >= 11 is 0. The highest BCUT2D eigenvalue weighted by Crippen LogP contribution is 2.40. The quantitative estimate of drug-likeness (QED) is 0.308. The highest BCUT2D eigenvalue weighted by atomic mass is 16.3. The van der Waals surface area contributed by atoms with Crippen molar-refractivity contribution < 1.29 is 9.90 Å². The van der Waals surface area contributed by atoms with Gasteiger partial charge < -0.3 is 15.3 Å². The van der Waals surface area contributed by atoms with Crippen molar-refractivity contribution in [2.75, 3.05) is 26.0 Å². The molecule has 0 saturated heterocycles. The SMILES string of the molecule is CN(C)C(=O)Cn1ccc(Nc2ncc3c(n2)-c2c(nn(C)c2-c2ccc(-c4cnn(CCO)c4)cc2)CC3)n1. The molecule has 0 atom stereocenters. The molecule has 40 heavy (non-hydrogen) atoms. The molecule has 1 aromatic carbocycles. The van der Waals surface area contributed by atoms with Crippen LogP contribution in [0.25, 0.3) is 33.6 Å². The number of amides is 1. The number of fused-ring (bicyclic) bond motifs is 3. The van der Waals surface area contributed by atoms with Gasteiger partial charge in [-0.3, -0.25) is 18.8 Å². The van der Waals surface area contributed by atoms with Gasteiger partial charge in [-0.15, -0.1) is 0 Å². The van der Waals surface area contributed by atoms with E-state index >= 15 is 0 Å². The number of carbonyl (C=O) groups excluding carboxylic acids is 1. The van der Waals surface area contributed by atoms with Gasteiger partial charge in [0.15, 0.2) is 5.82 Å². The fraction of sp³-hybridized carbons (Fsp3) is 0.286. The Balaban J connectivity index is 1.29. The molecule has 12 heteroatoms. The highest BCUT2D eigenvalue weighted by molar-refractivity contribution is 5.85. The number of aliphatic hydroxyl groups is 1. The lowest BCUT2D eigenvalue weighted by molar-refractivity contribution is -0.129. The van der Waals surface area contributed by atoms with Crippen LogP contribution in [0.2, 0.25) is 0 Å². The third-order valence-corrected chi connectivity index (χ3v) is 6.98. The Kier molecular flexibility index (Phi) is 6.60. The second-order valence-electron chi connectivity index (χ2n) is 9.97. The number of rotatable bonds is 8. The summed E-state index contributed by atoms with van der Waals surface area (Å²) < 4.78 is 5.24. The minimum atomic E-state index is -0.0406. The van der Waals surface area contributed by atoms with Gasteiger partial charge in [0.05, 0.1) is 36.4 Å². The smallest absolute Gasteiger partial charge is 0.243 e. The minimum absolute atomic E-state index is 0.0406. The zero-order chi connectivity index (χ0) is 27.8. The maximum Gasteiger partial charge on any atom is 0.243 e. The van der Waals surface area contributed by atoms with Crippen molar-refractivity contribution in [1.29, 1.82) is 0 Å². The van der Waals surface area contributed by atoms with E-state index in [2.05, 4.69) is 44.8 Å². The Hall–Kier alpha value is -4.84. The van der Waals surface area contributed by atoms with Crippen molar-refractivity contribution in [3.63, 3.8) is 0 Å². The largest absolute Gasteiger partial charge is 0.394 e. The van der Waals surface area contributed by atoms with Crippen LogP contribution in [-0.4, -0.2) is 75.9 Å². The van der Waals surface area contributed by atoms with Gasteiger partial charge in [-0.2, -0.15) is 15.3 Å². The lowest BCUT2D eigenvalue weighted by Gasteiger charge is -2.17. The summed E-state index contributed by atoms with van der Waals surface area (Å²) in [7, 11) is 5.40. The number of anilines is 2. The molecule has 0 bridgehead atoms. The van der Waals surface area contributed by atoms with E-state index in [1.807, 2.05) is 30.3 Å². The molecule has 1 aliphatic carbocycles. The Bertz CT molecular complexity index is 1680. The standard InChI is InChI=1S/C28H30N10O2/c1-35(2)24(40)17-38-11-10-23(34-38)31-28-29-14-20-8-9-22-25(26(20)32-28)27(36(3)33-22)19-6-4-18(5-7-19)21-15-30-37(16-21)12-13-39/h4-7,10-11,14-16,39H,8-9,12-13,17H2,1-3H3,(H,29,31,32,34). The molecule has 0 fully saturated rings. The van der Waals surface area contributed by atoms with E-state index in [4.69, 9.17) is 10.1 Å². The Morgan fingerprint density at radius 2 is 1.82 bits per heavy atom. The molecule has 0 unspecified atom stereocenters. The Labute approximate surface area is 230 Å². The first-order chi connectivity index (χ1) is 19.4. The molecule has 1 aliphatic rings. The molecular weight excluding hydrogens is 508 g/mol. The number of hydrogen-bond donors (Lipinski definition) is 2. The normalized spacial score (nSPS) is 12.2. The summed E-state index contributed by atoms with van der Waals surface area (Å²) in [4.78, 5) is 23.0. The van der Waals surface area contributed by atoms with Crippen molar-refractivity contribution >= 4 is 17.7 Å². The fourth-order valence-electron chi connectivity index (χ4n) is 4.92. The van der Waals surface area contributed by atoms with Crippen molar-refractivity contribution in [2.45, 2.75) is 25.9 Å². The third kappa shape index (κ3) is 4.84. The van der Waals surface area contributed by atoms with E-state index in [9.17, 15) is 9.90 Å². The van der Waals surface area contributed by atoms with Crippen LogP contribution in [0.15, 0.2) is 55.1 Å². The topological polar surface area (TPSA) is 132 Å². The van der Waals surface area contributed by atoms with Gasteiger partial charge in [-0.25, -0.2) is 9.97 Å². The fourth-order valence-corrected chi connectivity index (χ4v) is 4.92. The zero-order valence-electron chi connectivity index (χ0n) is 22.6. The number of nitrogens with zero attached hydrogens (tertiary/aromatic N) is 9. The molecule has 0 saturated carbocycles. The number of aryl methyl sites for hydroxylation is 3. The monoisotopic (exact) mass is 538 g/mol. The van der Waals surface area contributed by atoms with Crippen molar-refractivity contribution in [3.8, 4) is 33.6 Å². The van der Waals surface area contributed by atoms with Crippen LogP contribution in [0.1, 0.15) is 11.3 Å². The number of hydrogen-bond acceptors (Lipinski definition) is 8. The maximum absolute atomic E-state index is 12.0. The van der Waals surface area contributed by atoms with Crippen LogP contribution >= 0.6 is 0 Å². The van der Waals surface area contributed by atoms with Crippen LogP contribution in [-0.2, 0) is 37.8 Å². The van der Waals surface area contributed by atoms with Gasteiger partial charge in [0, 0.05) is 62.5 Å². The molecule has 0 spiro atoms. The predicted octanol–water partition coefficient (Wildman–Crippen LogP) is 2.53. The number of carbonyl (C=O) groups is 1. The second-order valence-corrected chi connectivity index (χ2v) is 9.97. The predicted molar refractivity (Wildman–Crippen MR) is 150 cm³/mol. The molecule has 2 N–H and O–H groups in total. The van der Waals surface area contributed by atoms with E-state index in [0.717, 1.165) is 57.7 Å². The van der Waals surface area contributed by atoms with Crippen LogP contribution in [0, 0.1) is 0 Å². The Morgan fingerprint density at radius 1 is 1.02 bits per heavy atom. The number of aliphatic hydroxyl groups excluding tert-OH is 1. The Morgan fingerprint density at radius 3 is 2.60 bits per heavy atom. The first kappa shape index (κ1) is 25.4. The number of benzene rings is 1. The first-order valence-corrected chi connectivity index (χ1v) is 13.1. The van der Waals surface area contributed by atoms with E-state index < -0.39 is 0 Å². The van der Waals surface area contributed by atoms with Crippen molar-refractivity contribution in [2.24, 2.45) is 7.05 Å². The molecular formula is C28H30N10O2. The molecule has 0 aliphatic heterocycles. The molecule has 5 aromatic rings. The van der Waals surface area contributed by atoms with Crippen LogP contribution in [0.4, 0.5) is 11.8 Å². The first-order valence-electron chi connectivity index (χ1n) is 13.1. The van der Waals surface area contributed by atoms with Gasteiger partial charge in [0.25, 0.3) is 0 Å². The van der Waals surface area contributed by atoms with Crippen LogP contribution < -0.4 is 5.32 Å². The van der Waals surface area contributed by atoms with Gasteiger partial charge in [0.1, 0.15) is 6.54 Å². The van der Waals surface area contributed by atoms with Gasteiger partial charge in [0.2, 0.25) is 11.9 Å². The zero-order valence-corrected chi connectivity index (χ0v) is 22.6.